The Kier molecular flexibility index (Phi) is 9.34. The summed E-state index contributed by atoms with van der Waals surface area (Å²) >= 11 is -2.17. The molecule has 0 aliphatic heterocycles. The summed E-state index contributed by atoms with van der Waals surface area (Å²) in [7, 11) is 3.01. The second kappa shape index (κ2) is 12.2. The number of anilines is 1. The minimum Gasteiger partial charge on any atom is -0.586 e. The maximum Gasteiger partial charge on any atom is 0.361 e. The van der Waals surface area contributed by atoms with Crippen molar-refractivity contribution >= 4 is 34.0 Å². The molecule has 11 heteroatoms. The number of aliphatic hydroxyl groups is 1. The highest BCUT2D eigenvalue weighted by Crippen LogP contribution is 2.38. The fourth-order valence-electron chi connectivity index (χ4n) is 4.48. The van der Waals surface area contributed by atoms with Crippen molar-refractivity contribution in [3.05, 3.63) is 40.1 Å². The number of fused-ring (bicyclic) bond motifs is 2. The van der Waals surface area contributed by atoms with Gasteiger partial charge in [-0.25, -0.2) is 4.79 Å². The molecule has 5 N–H and O–H groups in total. The highest BCUT2D eigenvalue weighted by atomic mass is 32.2. The number of aliphatic hydroxyl groups excluding tert-OH is 1. The van der Waals surface area contributed by atoms with Crippen LogP contribution in [-0.4, -0.2) is 72.0 Å². The molecule has 1 aromatic rings. The number of nitrogens with one attached hydrogen (secondary N) is 4. The molecule has 3 amide bonds. The second-order valence-electron chi connectivity index (χ2n) is 8.24. The molecule has 34 heavy (non-hydrogen) atoms. The quantitative estimate of drug-likeness (QED) is 0.151. The van der Waals surface area contributed by atoms with Crippen LogP contribution in [0.25, 0.3) is 0 Å². The monoisotopic (exact) mass is 491 g/mol. The van der Waals surface area contributed by atoms with E-state index >= 15 is 0 Å². The van der Waals surface area contributed by atoms with Crippen molar-refractivity contribution in [1.29, 1.82) is 5.41 Å². The largest absolute Gasteiger partial charge is 0.586 e. The van der Waals surface area contributed by atoms with Gasteiger partial charge in [-0.05, 0) is 60.8 Å². The van der Waals surface area contributed by atoms with Crippen molar-refractivity contribution in [2.24, 2.45) is 0 Å². The van der Waals surface area contributed by atoms with Gasteiger partial charge in [-0.15, -0.1) is 4.72 Å². The van der Waals surface area contributed by atoms with E-state index < -0.39 is 28.3 Å². The number of aryl methyl sites for hydroxylation is 2. The van der Waals surface area contributed by atoms with Crippen molar-refractivity contribution < 1.29 is 24.0 Å². The van der Waals surface area contributed by atoms with E-state index in [2.05, 4.69) is 21.4 Å². The Hall–Kier alpha value is -2.60. The lowest BCUT2D eigenvalue weighted by Gasteiger charge is -2.22. The molecule has 2 aliphatic carbocycles. The van der Waals surface area contributed by atoms with Crippen LogP contribution in [-0.2, 0) is 46.6 Å². The average Bonchev–Trinajstić information content (AvgIpc) is 3.48. The normalized spacial score (nSPS) is 15.4. The molecule has 0 radical (unpaired) electrons. The summed E-state index contributed by atoms with van der Waals surface area (Å²) in [5.74, 6) is -0.477. The molecule has 0 saturated carbocycles. The van der Waals surface area contributed by atoms with Gasteiger partial charge in [0, 0.05) is 39.0 Å². The van der Waals surface area contributed by atoms with Crippen LogP contribution < -0.4 is 15.4 Å². The van der Waals surface area contributed by atoms with E-state index in [4.69, 9.17) is 10.1 Å². The van der Waals surface area contributed by atoms with E-state index in [1.54, 1.807) is 0 Å². The number of nitrogens with zero attached hydrogens (tertiary/aromatic N) is 1. The van der Waals surface area contributed by atoms with E-state index in [1.807, 2.05) is 0 Å². The number of ether oxygens (including phenoxy) is 1. The SMILES string of the molecule is CN/C(=C\C(=N)[S+]([O-])NC(=O)Nc1c2c(cc3c1CCC3)CCC2)C(=O)N(CCO)CCOC. The number of hydrogen-bond acceptors (Lipinski definition) is 7. The fourth-order valence-corrected chi connectivity index (χ4v) is 5.03. The minimum absolute atomic E-state index is 0.0174. The van der Waals surface area contributed by atoms with Crippen LogP contribution in [0.5, 0.6) is 0 Å². The number of likely N-dealkylation sites (N-methyl/N-ethyl adjacent to an activating group) is 1. The van der Waals surface area contributed by atoms with Gasteiger partial charge in [0.15, 0.2) is 0 Å². The highest BCUT2D eigenvalue weighted by Gasteiger charge is 2.27. The standard InChI is InChI=1S/C23H33N5O5S/c1-25-19(22(30)28(9-11-29)10-12-33-2)14-20(24)34(32)27-23(31)26-21-17-7-3-5-15(17)13-16-6-4-8-18(16)21/h13-14,24-25,29H,3-12H2,1-2H3,(H2,26,27,31)/b19-14-,24-20?. The molecule has 0 bridgehead atoms. The summed E-state index contributed by atoms with van der Waals surface area (Å²) in [6.07, 6.45) is 7.02. The highest BCUT2D eigenvalue weighted by molar-refractivity contribution is 8.05. The molecular formula is C23H33N5O5S. The molecule has 1 unspecified atom stereocenters. The molecule has 2 aliphatic rings. The summed E-state index contributed by atoms with van der Waals surface area (Å²) in [5.41, 5.74) is 5.68. The smallest absolute Gasteiger partial charge is 0.361 e. The van der Waals surface area contributed by atoms with Gasteiger partial charge in [0.2, 0.25) is 0 Å². The van der Waals surface area contributed by atoms with Gasteiger partial charge >= 0.3 is 6.03 Å². The zero-order chi connectivity index (χ0) is 24.7. The topological polar surface area (TPSA) is 150 Å². The lowest BCUT2D eigenvalue weighted by Crippen LogP contribution is -2.41. The first kappa shape index (κ1) is 26.0. The van der Waals surface area contributed by atoms with Crippen LogP contribution in [0, 0.1) is 5.41 Å². The number of hydrogen-bond donors (Lipinski definition) is 5. The van der Waals surface area contributed by atoms with E-state index in [-0.39, 0.29) is 32.0 Å². The van der Waals surface area contributed by atoms with E-state index in [9.17, 15) is 19.2 Å². The molecular weight excluding hydrogens is 458 g/mol. The van der Waals surface area contributed by atoms with Crippen LogP contribution in [0.3, 0.4) is 0 Å². The molecule has 3 rings (SSSR count). The van der Waals surface area contributed by atoms with Gasteiger partial charge in [0.1, 0.15) is 17.1 Å². The Morgan fingerprint density at radius 1 is 1.21 bits per heavy atom. The van der Waals surface area contributed by atoms with E-state index in [1.165, 1.54) is 30.2 Å². The number of rotatable bonds is 9. The first-order valence-electron chi connectivity index (χ1n) is 11.4. The summed E-state index contributed by atoms with van der Waals surface area (Å²) in [6.45, 7) is 0.382. The number of carbonyl (C=O) groups is 2. The molecule has 0 aromatic heterocycles. The number of urea groups is 1. The number of amides is 3. The van der Waals surface area contributed by atoms with Crippen molar-refractivity contribution in [2.75, 3.05) is 45.8 Å². The van der Waals surface area contributed by atoms with Gasteiger partial charge in [-0.1, -0.05) is 6.07 Å². The van der Waals surface area contributed by atoms with E-state index in [0.29, 0.717) is 0 Å². The molecule has 0 fully saturated rings. The minimum atomic E-state index is -2.17. The van der Waals surface area contributed by atoms with Crippen molar-refractivity contribution in [2.45, 2.75) is 38.5 Å². The zero-order valence-electron chi connectivity index (χ0n) is 19.7. The molecule has 186 valence electrons. The maximum absolute atomic E-state index is 12.7. The van der Waals surface area contributed by atoms with Crippen LogP contribution in [0.2, 0.25) is 0 Å². The van der Waals surface area contributed by atoms with Gasteiger partial charge in [-0.2, -0.15) is 0 Å². The first-order valence-corrected chi connectivity index (χ1v) is 12.6. The molecule has 10 nitrogen and oxygen atoms in total. The Morgan fingerprint density at radius 2 is 1.85 bits per heavy atom. The Labute approximate surface area is 202 Å². The average molecular weight is 492 g/mol. The summed E-state index contributed by atoms with van der Waals surface area (Å²) in [4.78, 5) is 26.8. The van der Waals surface area contributed by atoms with Crippen LogP contribution in [0.15, 0.2) is 17.8 Å². The maximum atomic E-state index is 12.7. The lowest BCUT2D eigenvalue weighted by atomic mass is 9.99. The van der Waals surface area contributed by atoms with Crippen molar-refractivity contribution in [1.82, 2.24) is 14.9 Å². The number of benzene rings is 1. The molecule has 0 saturated heterocycles. The first-order chi connectivity index (χ1) is 16.4. The molecule has 1 aromatic carbocycles. The summed E-state index contributed by atoms with van der Waals surface area (Å²) in [5, 5.41) is 22.5. The van der Waals surface area contributed by atoms with Gasteiger partial charge in [0.05, 0.1) is 13.2 Å². The van der Waals surface area contributed by atoms with Crippen molar-refractivity contribution in [3.63, 3.8) is 0 Å². The van der Waals surface area contributed by atoms with E-state index in [0.717, 1.165) is 61.4 Å². The lowest BCUT2D eigenvalue weighted by molar-refractivity contribution is -0.128. The molecule has 0 heterocycles. The zero-order valence-corrected chi connectivity index (χ0v) is 20.5. The van der Waals surface area contributed by atoms with Crippen LogP contribution in [0.4, 0.5) is 10.5 Å². The molecule has 1 atom stereocenters. The number of carbonyl (C=O) groups excluding carboxylic acids is 2. The van der Waals surface area contributed by atoms with Crippen molar-refractivity contribution in [3.8, 4) is 0 Å². The number of methoxy groups -OCH3 is 1. The summed E-state index contributed by atoms with van der Waals surface area (Å²) < 4.78 is 19.9. The Bertz CT molecular complexity index is 935. The Balaban J connectivity index is 1.66. The molecule has 0 spiro atoms. The Morgan fingerprint density at radius 3 is 2.41 bits per heavy atom. The second-order valence-corrected chi connectivity index (χ2v) is 9.42. The summed E-state index contributed by atoms with van der Waals surface area (Å²) in [6, 6.07) is 1.61. The van der Waals surface area contributed by atoms with Crippen LogP contribution in [0.1, 0.15) is 35.1 Å². The van der Waals surface area contributed by atoms with Gasteiger partial charge in [0.25, 0.3) is 11.0 Å². The predicted molar refractivity (Wildman–Crippen MR) is 131 cm³/mol. The third-order valence-electron chi connectivity index (χ3n) is 6.09. The van der Waals surface area contributed by atoms with Gasteiger partial charge in [-0.3, -0.25) is 10.2 Å². The third-order valence-corrected chi connectivity index (χ3v) is 6.98. The van der Waals surface area contributed by atoms with Gasteiger partial charge < -0.3 is 29.9 Å². The third kappa shape index (κ3) is 6.09. The fraction of sp³-hybridized carbons (Fsp3) is 0.522. The van der Waals surface area contributed by atoms with Crippen LogP contribution >= 0.6 is 0 Å². The predicted octanol–water partition coefficient (Wildman–Crippen LogP) is 0.997.